The summed E-state index contributed by atoms with van der Waals surface area (Å²) in [5.41, 5.74) is 5.87. The van der Waals surface area contributed by atoms with E-state index in [1.54, 1.807) is 0 Å². The van der Waals surface area contributed by atoms with Crippen molar-refractivity contribution in [3.63, 3.8) is 0 Å². The van der Waals surface area contributed by atoms with E-state index in [0.29, 0.717) is 0 Å². The van der Waals surface area contributed by atoms with Crippen LogP contribution in [-0.4, -0.2) is 0 Å². The van der Waals surface area contributed by atoms with Crippen molar-refractivity contribution in [2.24, 2.45) is 0 Å². The lowest BCUT2D eigenvalue weighted by Gasteiger charge is -2.14. The van der Waals surface area contributed by atoms with Crippen molar-refractivity contribution in [3.05, 3.63) is 80.8 Å². The molecule has 0 aromatic heterocycles. The van der Waals surface area contributed by atoms with Gasteiger partial charge in [-0.3, -0.25) is 0 Å². The Bertz CT molecular complexity index is 643. The summed E-state index contributed by atoms with van der Waals surface area (Å²) < 4.78 is 2.17. The maximum absolute atomic E-state index is 4.29. The number of hydrogen-bond acceptors (Lipinski definition) is 0. The van der Waals surface area contributed by atoms with Crippen LogP contribution >= 0.6 is 31.9 Å². The van der Waals surface area contributed by atoms with Gasteiger partial charge in [-0.25, -0.2) is 0 Å². The van der Waals surface area contributed by atoms with Gasteiger partial charge in [0.25, 0.3) is 0 Å². The second kappa shape index (κ2) is 6.55. The van der Waals surface area contributed by atoms with E-state index in [1.165, 1.54) is 16.7 Å². The van der Waals surface area contributed by atoms with Crippen molar-refractivity contribution < 1.29 is 0 Å². The van der Waals surface area contributed by atoms with Gasteiger partial charge in [-0.15, -0.1) is 0 Å². The first-order valence-electron chi connectivity index (χ1n) is 6.37. The summed E-state index contributed by atoms with van der Waals surface area (Å²) in [5, 5.41) is 0. The molecule has 0 aliphatic carbocycles. The number of hydrogen-bond donors (Lipinski definition) is 0. The predicted octanol–water partition coefficient (Wildman–Crippen LogP) is 6.72. The highest BCUT2D eigenvalue weighted by atomic mass is 79.9. The molecule has 0 heterocycles. The Morgan fingerprint density at radius 1 is 0.750 bits per heavy atom. The zero-order chi connectivity index (χ0) is 14.7. The SMILES string of the molecule is C=C(C(=C(C)C)c1ccc(Br)cc1)c1ccc(Br)cc1. The third-order valence-corrected chi connectivity index (χ3v) is 4.18. The quantitative estimate of drug-likeness (QED) is 0.509. The Kier molecular flexibility index (Phi) is 5.00. The van der Waals surface area contributed by atoms with Crippen LogP contribution in [0.4, 0.5) is 0 Å². The number of allylic oxidation sites excluding steroid dienone is 3. The lowest BCUT2D eigenvalue weighted by Crippen LogP contribution is -1.92. The molecule has 0 N–H and O–H groups in total. The van der Waals surface area contributed by atoms with Crippen LogP contribution in [0.25, 0.3) is 11.1 Å². The smallest absolute Gasteiger partial charge is 0.0175 e. The Balaban J connectivity index is 2.45. The summed E-state index contributed by atoms with van der Waals surface area (Å²) in [7, 11) is 0. The minimum Gasteiger partial charge on any atom is -0.0905 e. The Morgan fingerprint density at radius 3 is 1.55 bits per heavy atom. The molecular weight excluding hydrogens is 376 g/mol. The normalized spacial score (nSPS) is 10.2. The second-order valence-electron chi connectivity index (χ2n) is 4.87. The average Bonchev–Trinajstić information content (AvgIpc) is 2.41. The highest BCUT2D eigenvalue weighted by molar-refractivity contribution is 9.10. The molecule has 0 nitrogen and oxygen atoms in total. The van der Waals surface area contributed by atoms with E-state index in [1.807, 2.05) is 12.1 Å². The summed E-state index contributed by atoms with van der Waals surface area (Å²) in [6, 6.07) is 16.6. The van der Waals surface area contributed by atoms with Crippen LogP contribution in [0.3, 0.4) is 0 Å². The fraction of sp³-hybridized carbons (Fsp3) is 0.111. The molecule has 0 unspecified atom stereocenters. The highest BCUT2D eigenvalue weighted by Gasteiger charge is 2.10. The minimum atomic E-state index is 1.06. The van der Waals surface area contributed by atoms with Gasteiger partial charge in [-0.2, -0.15) is 0 Å². The minimum absolute atomic E-state index is 1.06. The molecule has 0 aliphatic rings. The summed E-state index contributed by atoms with van der Waals surface area (Å²) in [6.07, 6.45) is 0. The van der Waals surface area contributed by atoms with E-state index in [2.05, 4.69) is 88.7 Å². The van der Waals surface area contributed by atoms with Gasteiger partial charge in [0.1, 0.15) is 0 Å². The van der Waals surface area contributed by atoms with E-state index in [9.17, 15) is 0 Å². The van der Waals surface area contributed by atoms with Gasteiger partial charge in [0.15, 0.2) is 0 Å². The molecule has 0 radical (unpaired) electrons. The van der Waals surface area contributed by atoms with E-state index < -0.39 is 0 Å². The van der Waals surface area contributed by atoms with Gasteiger partial charge < -0.3 is 0 Å². The van der Waals surface area contributed by atoms with Gasteiger partial charge in [-0.1, -0.05) is 68.3 Å². The highest BCUT2D eigenvalue weighted by Crippen LogP contribution is 2.33. The van der Waals surface area contributed by atoms with Crippen LogP contribution in [0.5, 0.6) is 0 Å². The Labute approximate surface area is 137 Å². The first kappa shape index (κ1) is 15.3. The standard InChI is InChI=1S/C18H16Br2/c1-12(2)18(15-6-10-17(20)11-7-15)13(3)14-4-8-16(19)9-5-14/h4-11H,3H2,1-2H3. The van der Waals surface area contributed by atoms with Crippen molar-refractivity contribution in [3.8, 4) is 0 Å². The maximum atomic E-state index is 4.29. The predicted molar refractivity (Wildman–Crippen MR) is 95.6 cm³/mol. The van der Waals surface area contributed by atoms with Gasteiger partial charge >= 0.3 is 0 Å². The third kappa shape index (κ3) is 3.50. The van der Waals surface area contributed by atoms with Gasteiger partial charge in [0.05, 0.1) is 0 Å². The van der Waals surface area contributed by atoms with Crippen molar-refractivity contribution in [1.29, 1.82) is 0 Å². The molecule has 0 bridgehead atoms. The summed E-state index contributed by atoms with van der Waals surface area (Å²) in [5.74, 6) is 0. The molecule has 0 spiro atoms. The molecule has 2 aromatic carbocycles. The van der Waals surface area contributed by atoms with Crippen LogP contribution in [0, 0.1) is 0 Å². The summed E-state index contributed by atoms with van der Waals surface area (Å²) in [4.78, 5) is 0. The molecule has 2 rings (SSSR count). The molecule has 2 heteroatoms. The average molecular weight is 392 g/mol. The molecule has 0 amide bonds. The van der Waals surface area contributed by atoms with E-state index >= 15 is 0 Å². The fourth-order valence-corrected chi connectivity index (χ4v) is 2.71. The second-order valence-corrected chi connectivity index (χ2v) is 6.70. The van der Waals surface area contributed by atoms with Gasteiger partial charge in [0, 0.05) is 8.95 Å². The Morgan fingerprint density at radius 2 is 1.15 bits per heavy atom. The van der Waals surface area contributed by atoms with E-state index in [-0.39, 0.29) is 0 Å². The zero-order valence-electron chi connectivity index (χ0n) is 11.6. The van der Waals surface area contributed by atoms with Crippen LogP contribution in [-0.2, 0) is 0 Å². The van der Waals surface area contributed by atoms with Crippen molar-refractivity contribution in [2.45, 2.75) is 13.8 Å². The molecule has 0 fully saturated rings. The molecule has 0 saturated carbocycles. The zero-order valence-corrected chi connectivity index (χ0v) is 14.8. The molecule has 102 valence electrons. The van der Waals surface area contributed by atoms with Crippen molar-refractivity contribution in [2.75, 3.05) is 0 Å². The van der Waals surface area contributed by atoms with Gasteiger partial charge in [0.2, 0.25) is 0 Å². The number of rotatable bonds is 3. The topological polar surface area (TPSA) is 0 Å². The summed E-state index contributed by atoms with van der Waals surface area (Å²) in [6.45, 7) is 8.54. The van der Waals surface area contributed by atoms with Crippen molar-refractivity contribution >= 4 is 43.0 Å². The molecule has 2 aromatic rings. The number of benzene rings is 2. The van der Waals surface area contributed by atoms with E-state index in [0.717, 1.165) is 20.1 Å². The third-order valence-electron chi connectivity index (χ3n) is 3.13. The lowest BCUT2D eigenvalue weighted by molar-refractivity contribution is 1.39. The first-order chi connectivity index (χ1) is 9.49. The molecule has 0 saturated heterocycles. The maximum Gasteiger partial charge on any atom is 0.0175 e. The van der Waals surface area contributed by atoms with Crippen LogP contribution in [0.15, 0.2) is 69.6 Å². The van der Waals surface area contributed by atoms with Crippen LogP contribution < -0.4 is 0 Å². The molecule has 20 heavy (non-hydrogen) atoms. The summed E-state index contributed by atoms with van der Waals surface area (Å²) >= 11 is 6.94. The first-order valence-corrected chi connectivity index (χ1v) is 7.96. The monoisotopic (exact) mass is 390 g/mol. The molecule has 0 atom stereocenters. The number of halogens is 2. The van der Waals surface area contributed by atoms with E-state index in [4.69, 9.17) is 0 Å². The molecular formula is C18H16Br2. The van der Waals surface area contributed by atoms with Gasteiger partial charge in [-0.05, 0) is 60.4 Å². The lowest BCUT2D eigenvalue weighted by atomic mass is 9.90. The molecule has 0 aliphatic heterocycles. The van der Waals surface area contributed by atoms with Crippen LogP contribution in [0.1, 0.15) is 25.0 Å². The largest absolute Gasteiger partial charge is 0.0905 e. The van der Waals surface area contributed by atoms with Crippen LogP contribution in [0.2, 0.25) is 0 Å². The fourth-order valence-electron chi connectivity index (χ4n) is 2.18. The van der Waals surface area contributed by atoms with Crippen molar-refractivity contribution in [1.82, 2.24) is 0 Å². The Hall–Kier alpha value is -1.12.